The molecule has 2 N–H and O–H groups in total. The van der Waals surface area contributed by atoms with Crippen LogP contribution < -0.4 is 5.48 Å². The van der Waals surface area contributed by atoms with Gasteiger partial charge in [0.15, 0.2) is 4.75 Å². The summed E-state index contributed by atoms with van der Waals surface area (Å²) in [6.07, 6.45) is -3.53. The van der Waals surface area contributed by atoms with Crippen LogP contribution in [0, 0.1) is 5.92 Å². The molecule has 0 atom stereocenters. The second-order valence-corrected chi connectivity index (χ2v) is 10.8. The SMILES string of the molecule is CCCC(CCC)(C(=O)NO)S(=O)(=O)N1CCC(CCCCCC(F)(F)C(F)(F)F)CC1. The summed E-state index contributed by atoms with van der Waals surface area (Å²) in [4.78, 5) is 12.4. The highest BCUT2D eigenvalue weighted by molar-refractivity contribution is 7.91. The van der Waals surface area contributed by atoms with Crippen LogP contribution in [0.15, 0.2) is 0 Å². The lowest BCUT2D eigenvalue weighted by Crippen LogP contribution is -2.58. The standard InChI is InChI=1S/C20H35F5N2O4S/c1-3-11-18(12-4-2,17(28)26-29)32(30,31)27-14-9-16(10-15-27)8-6-5-7-13-19(21,22)20(23,24)25/h16,29H,3-15H2,1-2H3,(H,26,28). The largest absolute Gasteiger partial charge is 0.453 e. The molecule has 190 valence electrons. The van der Waals surface area contributed by atoms with Crippen LogP contribution in [0.5, 0.6) is 0 Å². The number of amides is 1. The number of carbonyl (C=O) groups excluding carboxylic acids is 1. The van der Waals surface area contributed by atoms with Crippen molar-refractivity contribution in [3.63, 3.8) is 0 Å². The predicted octanol–water partition coefficient (Wildman–Crippen LogP) is 5.02. The summed E-state index contributed by atoms with van der Waals surface area (Å²) in [5, 5.41) is 9.17. The summed E-state index contributed by atoms with van der Waals surface area (Å²) in [5.74, 6) is -5.46. The predicted molar refractivity (Wildman–Crippen MR) is 110 cm³/mol. The molecule has 12 heteroatoms. The van der Waals surface area contributed by atoms with Gasteiger partial charge in [0, 0.05) is 19.5 Å². The average Bonchev–Trinajstić information content (AvgIpc) is 2.72. The lowest BCUT2D eigenvalue weighted by Gasteiger charge is -2.39. The summed E-state index contributed by atoms with van der Waals surface area (Å²) >= 11 is 0. The number of halogens is 5. The Labute approximate surface area is 186 Å². The zero-order chi connectivity index (χ0) is 24.6. The number of nitrogens with one attached hydrogen (secondary N) is 1. The van der Waals surface area contributed by atoms with Crippen LogP contribution in [-0.2, 0) is 14.8 Å². The van der Waals surface area contributed by atoms with E-state index in [4.69, 9.17) is 0 Å². The molecule has 0 aliphatic carbocycles. The third kappa shape index (κ3) is 6.75. The first kappa shape index (κ1) is 29.0. The molecule has 0 spiro atoms. The molecule has 1 amide bonds. The van der Waals surface area contributed by atoms with Crippen LogP contribution in [0.2, 0.25) is 0 Å². The molecule has 32 heavy (non-hydrogen) atoms. The third-order valence-corrected chi connectivity index (χ3v) is 8.87. The molecule has 1 rings (SSSR count). The normalized spacial score (nSPS) is 17.5. The number of hydroxylamine groups is 1. The number of piperidine rings is 1. The van der Waals surface area contributed by atoms with Crippen molar-refractivity contribution in [1.82, 2.24) is 9.79 Å². The van der Waals surface area contributed by atoms with Gasteiger partial charge in [0.05, 0.1) is 0 Å². The molecule has 0 bridgehead atoms. The highest BCUT2D eigenvalue weighted by atomic mass is 32.2. The van der Waals surface area contributed by atoms with Gasteiger partial charge >= 0.3 is 12.1 Å². The van der Waals surface area contributed by atoms with E-state index >= 15 is 0 Å². The smallest absolute Gasteiger partial charge is 0.289 e. The van der Waals surface area contributed by atoms with E-state index in [2.05, 4.69) is 0 Å². The van der Waals surface area contributed by atoms with Crippen LogP contribution in [0.25, 0.3) is 0 Å². The van der Waals surface area contributed by atoms with E-state index in [0.717, 1.165) is 0 Å². The maximum absolute atomic E-state index is 13.4. The Bertz CT molecular complexity index is 687. The zero-order valence-electron chi connectivity index (χ0n) is 18.7. The summed E-state index contributed by atoms with van der Waals surface area (Å²) in [7, 11) is -4.03. The monoisotopic (exact) mass is 494 g/mol. The highest BCUT2D eigenvalue weighted by Gasteiger charge is 2.56. The number of nitrogens with zero attached hydrogens (tertiary/aromatic N) is 1. The third-order valence-electron chi connectivity index (χ3n) is 6.25. The van der Waals surface area contributed by atoms with Crippen molar-refractivity contribution in [2.45, 2.75) is 101 Å². The fourth-order valence-electron chi connectivity index (χ4n) is 4.42. The summed E-state index contributed by atoms with van der Waals surface area (Å²) in [5.41, 5.74) is 1.52. The topological polar surface area (TPSA) is 86.7 Å². The van der Waals surface area contributed by atoms with E-state index in [1.165, 1.54) is 9.79 Å². The molecule has 0 aromatic heterocycles. The molecule has 0 unspecified atom stereocenters. The van der Waals surface area contributed by atoms with Crippen LogP contribution in [0.3, 0.4) is 0 Å². The lowest BCUT2D eigenvalue weighted by molar-refractivity contribution is -0.284. The van der Waals surface area contributed by atoms with Crippen molar-refractivity contribution >= 4 is 15.9 Å². The molecule has 6 nitrogen and oxygen atoms in total. The highest BCUT2D eigenvalue weighted by Crippen LogP contribution is 2.39. The number of rotatable bonds is 13. The van der Waals surface area contributed by atoms with E-state index in [9.17, 15) is 40.4 Å². The molecular formula is C20H35F5N2O4S. The molecule has 0 aromatic carbocycles. The molecule has 1 fully saturated rings. The van der Waals surface area contributed by atoms with E-state index in [-0.39, 0.29) is 44.7 Å². The first-order valence-corrected chi connectivity index (χ1v) is 12.6. The Morgan fingerprint density at radius 2 is 1.50 bits per heavy atom. The van der Waals surface area contributed by atoms with E-state index < -0.39 is 39.2 Å². The zero-order valence-corrected chi connectivity index (χ0v) is 19.5. The van der Waals surface area contributed by atoms with Crippen molar-refractivity contribution in [3.8, 4) is 0 Å². The number of unbranched alkanes of at least 4 members (excludes halogenated alkanes) is 2. The first-order valence-electron chi connectivity index (χ1n) is 11.2. The summed E-state index contributed by atoms with van der Waals surface area (Å²) in [6, 6.07) is 0. The van der Waals surface area contributed by atoms with E-state index in [1.807, 2.05) is 0 Å². The molecule has 0 radical (unpaired) electrons. The maximum Gasteiger partial charge on any atom is 0.453 e. The minimum Gasteiger partial charge on any atom is -0.289 e. The minimum atomic E-state index is -5.52. The molecular weight excluding hydrogens is 459 g/mol. The van der Waals surface area contributed by atoms with Crippen LogP contribution in [0.1, 0.15) is 84.5 Å². The van der Waals surface area contributed by atoms with Gasteiger partial charge < -0.3 is 0 Å². The van der Waals surface area contributed by atoms with Gasteiger partial charge in [-0.25, -0.2) is 18.2 Å². The lowest BCUT2D eigenvalue weighted by atomic mass is 9.92. The van der Waals surface area contributed by atoms with Gasteiger partial charge in [0.1, 0.15) is 0 Å². The molecule has 1 aliphatic rings. The second-order valence-electron chi connectivity index (χ2n) is 8.58. The van der Waals surface area contributed by atoms with Gasteiger partial charge in [-0.2, -0.15) is 22.0 Å². The molecule has 1 saturated heterocycles. The van der Waals surface area contributed by atoms with Crippen LogP contribution >= 0.6 is 0 Å². The minimum absolute atomic E-state index is 0.0814. The number of sulfonamides is 1. The Morgan fingerprint density at radius 1 is 0.969 bits per heavy atom. The number of carbonyl (C=O) groups is 1. The van der Waals surface area contributed by atoms with Crippen LogP contribution in [0.4, 0.5) is 22.0 Å². The van der Waals surface area contributed by atoms with Crippen molar-refractivity contribution < 1.29 is 40.4 Å². The van der Waals surface area contributed by atoms with Gasteiger partial charge in [-0.05, 0) is 38.0 Å². The Hall–Kier alpha value is -1.01. The molecule has 1 aliphatic heterocycles. The summed E-state index contributed by atoms with van der Waals surface area (Å²) < 4.78 is 88.7. The Morgan fingerprint density at radius 3 is 1.94 bits per heavy atom. The molecule has 0 aromatic rings. The van der Waals surface area contributed by atoms with E-state index in [1.54, 1.807) is 13.8 Å². The van der Waals surface area contributed by atoms with Gasteiger partial charge in [-0.15, -0.1) is 0 Å². The van der Waals surface area contributed by atoms with Gasteiger partial charge in [0.25, 0.3) is 5.91 Å². The van der Waals surface area contributed by atoms with Gasteiger partial charge in [-0.1, -0.05) is 46.0 Å². The number of hydrogen-bond donors (Lipinski definition) is 2. The number of alkyl halides is 5. The molecule has 0 saturated carbocycles. The maximum atomic E-state index is 13.4. The van der Waals surface area contributed by atoms with Gasteiger partial charge in [-0.3, -0.25) is 10.0 Å². The van der Waals surface area contributed by atoms with Crippen molar-refractivity contribution in [1.29, 1.82) is 0 Å². The van der Waals surface area contributed by atoms with Crippen molar-refractivity contribution in [3.05, 3.63) is 0 Å². The summed E-state index contributed by atoms with van der Waals surface area (Å²) in [6.45, 7) is 3.93. The van der Waals surface area contributed by atoms with E-state index in [0.29, 0.717) is 38.5 Å². The quantitative estimate of drug-likeness (QED) is 0.163. The average molecular weight is 495 g/mol. The Balaban J connectivity index is 2.62. The van der Waals surface area contributed by atoms with Gasteiger partial charge in [0.2, 0.25) is 10.0 Å². The first-order chi connectivity index (χ1) is 14.8. The molecule has 1 heterocycles. The fourth-order valence-corrected chi connectivity index (χ4v) is 6.81. The van der Waals surface area contributed by atoms with Crippen LogP contribution in [-0.4, -0.2) is 53.8 Å². The fraction of sp³-hybridized carbons (Fsp3) is 0.950. The van der Waals surface area contributed by atoms with Crippen molar-refractivity contribution in [2.24, 2.45) is 5.92 Å². The second kappa shape index (κ2) is 11.9. The van der Waals surface area contributed by atoms with Crippen molar-refractivity contribution in [2.75, 3.05) is 13.1 Å². The number of hydrogen-bond acceptors (Lipinski definition) is 4. The Kier molecular flexibility index (Phi) is 10.8.